The molecule has 0 aliphatic heterocycles. The number of hydrogen-bond donors (Lipinski definition) is 1. The quantitative estimate of drug-likeness (QED) is 0.686. The molecule has 0 atom stereocenters. The Hall–Kier alpha value is -1.35. The number of rotatable bonds is 2. The van der Waals surface area contributed by atoms with E-state index in [4.69, 9.17) is 5.73 Å². The van der Waals surface area contributed by atoms with E-state index in [0.29, 0.717) is 6.54 Å². The summed E-state index contributed by atoms with van der Waals surface area (Å²) in [5, 5.41) is 0. The van der Waals surface area contributed by atoms with E-state index < -0.39 is 0 Å². The second-order valence-corrected chi connectivity index (χ2v) is 2.76. The number of nitrogens with zero attached hydrogens (tertiary/aromatic N) is 1. The summed E-state index contributed by atoms with van der Waals surface area (Å²) in [6, 6.07) is 9.99. The van der Waals surface area contributed by atoms with Crippen LogP contribution in [0.3, 0.4) is 0 Å². The average Bonchev–Trinajstić information content (AvgIpc) is 2.20. The van der Waals surface area contributed by atoms with Crippen molar-refractivity contribution in [1.29, 1.82) is 0 Å². The number of nitrogens with two attached hydrogens (primary N) is 1. The SMILES string of the molecule is CN(C)C=O.NCc1ccccc1. The molecule has 1 aromatic carbocycles. The van der Waals surface area contributed by atoms with E-state index in [-0.39, 0.29) is 0 Å². The highest BCUT2D eigenvalue weighted by molar-refractivity contribution is 5.45. The molecule has 0 bridgehead atoms. The van der Waals surface area contributed by atoms with Crippen molar-refractivity contribution in [2.45, 2.75) is 6.54 Å². The molecule has 0 aliphatic rings. The van der Waals surface area contributed by atoms with E-state index in [9.17, 15) is 4.79 Å². The highest BCUT2D eigenvalue weighted by atomic mass is 16.1. The number of amides is 1. The maximum absolute atomic E-state index is 9.43. The molecule has 0 fully saturated rings. The number of hydrogen-bond acceptors (Lipinski definition) is 2. The van der Waals surface area contributed by atoms with Gasteiger partial charge in [0, 0.05) is 20.6 Å². The number of carbonyl (C=O) groups is 1. The van der Waals surface area contributed by atoms with Crippen LogP contribution in [-0.4, -0.2) is 25.4 Å². The van der Waals surface area contributed by atoms with Crippen LogP contribution in [-0.2, 0) is 11.3 Å². The molecule has 2 N–H and O–H groups in total. The maximum atomic E-state index is 9.43. The van der Waals surface area contributed by atoms with Gasteiger partial charge >= 0.3 is 0 Å². The Morgan fingerprint density at radius 3 is 2.00 bits per heavy atom. The predicted molar refractivity (Wildman–Crippen MR) is 54.1 cm³/mol. The molecule has 0 saturated carbocycles. The minimum absolute atomic E-state index is 0.640. The summed E-state index contributed by atoms with van der Waals surface area (Å²) in [4.78, 5) is 10.9. The van der Waals surface area contributed by atoms with Crippen molar-refractivity contribution in [3.63, 3.8) is 0 Å². The largest absolute Gasteiger partial charge is 0.351 e. The normalized spacial score (nSPS) is 8.23. The lowest BCUT2D eigenvalue weighted by atomic mass is 10.2. The molecule has 13 heavy (non-hydrogen) atoms. The van der Waals surface area contributed by atoms with Crippen molar-refractivity contribution in [3.8, 4) is 0 Å². The zero-order valence-electron chi connectivity index (χ0n) is 8.10. The van der Waals surface area contributed by atoms with Gasteiger partial charge in [-0.05, 0) is 5.56 Å². The van der Waals surface area contributed by atoms with Crippen LogP contribution in [0.2, 0.25) is 0 Å². The van der Waals surface area contributed by atoms with Gasteiger partial charge in [-0.2, -0.15) is 0 Å². The highest BCUT2D eigenvalue weighted by Gasteiger charge is 1.80. The van der Waals surface area contributed by atoms with E-state index in [1.54, 1.807) is 14.1 Å². The zero-order valence-corrected chi connectivity index (χ0v) is 8.10. The first kappa shape index (κ1) is 11.6. The molecular formula is C10H16N2O. The van der Waals surface area contributed by atoms with Gasteiger partial charge in [-0.15, -0.1) is 0 Å². The van der Waals surface area contributed by atoms with E-state index in [2.05, 4.69) is 0 Å². The number of carbonyl (C=O) groups excluding carboxylic acids is 1. The van der Waals surface area contributed by atoms with Crippen LogP contribution in [0.15, 0.2) is 30.3 Å². The fraction of sp³-hybridized carbons (Fsp3) is 0.300. The molecule has 0 heterocycles. The second kappa shape index (κ2) is 7.31. The molecule has 1 aromatic rings. The van der Waals surface area contributed by atoms with Gasteiger partial charge in [0.15, 0.2) is 0 Å². The molecular weight excluding hydrogens is 164 g/mol. The molecule has 1 rings (SSSR count). The molecule has 0 radical (unpaired) electrons. The Morgan fingerprint density at radius 2 is 1.77 bits per heavy atom. The summed E-state index contributed by atoms with van der Waals surface area (Å²) in [7, 11) is 3.38. The second-order valence-electron chi connectivity index (χ2n) is 2.76. The minimum Gasteiger partial charge on any atom is -0.351 e. The fourth-order valence-electron chi connectivity index (χ4n) is 0.614. The van der Waals surface area contributed by atoms with Crippen LogP contribution in [0.4, 0.5) is 0 Å². The standard InChI is InChI=1S/C7H9N.C3H7NO/c8-6-7-4-2-1-3-5-7;1-4(2)3-5/h1-5H,6,8H2;3H,1-2H3. The molecule has 0 saturated heterocycles. The van der Waals surface area contributed by atoms with Crippen molar-refractivity contribution in [3.05, 3.63) is 35.9 Å². The Balaban J connectivity index is 0.000000252. The highest BCUT2D eigenvalue weighted by Crippen LogP contribution is 1.94. The maximum Gasteiger partial charge on any atom is 0.209 e. The molecule has 3 nitrogen and oxygen atoms in total. The monoisotopic (exact) mass is 180 g/mol. The summed E-state index contributed by atoms with van der Waals surface area (Å²) in [6.07, 6.45) is 0.750. The summed E-state index contributed by atoms with van der Waals surface area (Å²) in [5.74, 6) is 0. The fourth-order valence-corrected chi connectivity index (χ4v) is 0.614. The van der Waals surface area contributed by atoms with Gasteiger partial charge in [0.05, 0.1) is 0 Å². The molecule has 0 spiro atoms. The summed E-state index contributed by atoms with van der Waals surface area (Å²) >= 11 is 0. The lowest BCUT2D eigenvalue weighted by Gasteiger charge is -1.93. The Bertz CT molecular complexity index is 222. The average molecular weight is 180 g/mol. The van der Waals surface area contributed by atoms with Crippen molar-refractivity contribution in [2.24, 2.45) is 5.73 Å². The third-order valence-electron chi connectivity index (χ3n) is 1.29. The van der Waals surface area contributed by atoms with Crippen LogP contribution in [0, 0.1) is 0 Å². The van der Waals surface area contributed by atoms with Crippen molar-refractivity contribution in [2.75, 3.05) is 14.1 Å². The van der Waals surface area contributed by atoms with Crippen LogP contribution < -0.4 is 5.73 Å². The van der Waals surface area contributed by atoms with Crippen LogP contribution >= 0.6 is 0 Å². The Morgan fingerprint density at radius 1 is 1.31 bits per heavy atom. The lowest BCUT2D eigenvalue weighted by Crippen LogP contribution is -2.06. The van der Waals surface area contributed by atoms with E-state index in [1.807, 2.05) is 30.3 Å². The van der Waals surface area contributed by atoms with Crippen LogP contribution in [0.5, 0.6) is 0 Å². The number of benzene rings is 1. The molecule has 0 aliphatic carbocycles. The van der Waals surface area contributed by atoms with E-state index in [0.717, 1.165) is 6.41 Å². The van der Waals surface area contributed by atoms with Gasteiger partial charge in [-0.1, -0.05) is 30.3 Å². The van der Waals surface area contributed by atoms with E-state index >= 15 is 0 Å². The van der Waals surface area contributed by atoms with Gasteiger partial charge in [0.1, 0.15) is 0 Å². The first-order chi connectivity index (χ1) is 6.20. The minimum atomic E-state index is 0.640. The lowest BCUT2D eigenvalue weighted by molar-refractivity contribution is -0.115. The molecule has 0 unspecified atom stereocenters. The van der Waals surface area contributed by atoms with Gasteiger partial charge in [-0.3, -0.25) is 4.79 Å². The smallest absolute Gasteiger partial charge is 0.209 e. The first-order valence-corrected chi connectivity index (χ1v) is 4.06. The van der Waals surface area contributed by atoms with E-state index in [1.165, 1.54) is 10.5 Å². The van der Waals surface area contributed by atoms with Gasteiger partial charge in [-0.25, -0.2) is 0 Å². The topological polar surface area (TPSA) is 46.3 Å². The predicted octanol–water partition coefficient (Wildman–Crippen LogP) is 0.850. The van der Waals surface area contributed by atoms with Gasteiger partial charge in [0.2, 0.25) is 6.41 Å². The molecule has 72 valence electrons. The summed E-state index contributed by atoms with van der Waals surface area (Å²) < 4.78 is 0. The third-order valence-corrected chi connectivity index (χ3v) is 1.29. The first-order valence-electron chi connectivity index (χ1n) is 4.06. The molecule has 3 heteroatoms. The van der Waals surface area contributed by atoms with Crippen molar-refractivity contribution >= 4 is 6.41 Å². The third kappa shape index (κ3) is 7.03. The Kier molecular flexibility index (Phi) is 6.55. The summed E-state index contributed by atoms with van der Waals surface area (Å²) in [5.41, 5.74) is 6.54. The molecule has 1 amide bonds. The molecule has 0 aromatic heterocycles. The van der Waals surface area contributed by atoms with Gasteiger partial charge in [0.25, 0.3) is 0 Å². The van der Waals surface area contributed by atoms with Gasteiger partial charge < -0.3 is 10.6 Å². The van der Waals surface area contributed by atoms with Crippen molar-refractivity contribution in [1.82, 2.24) is 4.90 Å². The van der Waals surface area contributed by atoms with Crippen LogP contribution in [0.1, 0.15) is 5.56 Å². The summed E-state index contributed by atoms with van der Waals surface area (Å²) in [6.45, 7) is 0.640. The Labute approximate surface area is 79.2 Å². The van der Waals surface area contributed by atoms with Crippen LogP contribution in [0.25, 0.3) is 0 Å². The zero-order chi connectivity index (χ0) is 10.1. The van der Waals surface area contributed by atoms with Crippen molar-refractivity contribution < 1.29 is 4.79 Å².